The number of carbonyl (C=O) groups is 2. The van der Waals surface area contributed by atoms with Crippen molar-refractivity contribution in [1.29, 1.82) is 0 Å². The highest BCUT2D eigenvalue weighted by atomic mass is 16.6. The van der Waals surface area contributed by atoms with Gasteiger partial charge in [-0.25, -0.2) is 4.79 Å². The summed E-state index contributed by atoms with van der Waals surface area (Å²) in [4.78, 5) is 25.9. The van der Waals surface area contributed by atoms with E-state index >= 15 is 0 Å². The van der Waals surface area contributed by atoms with Crippen LogP contribution in [-0.2, 0) is 9.53 Å². The van der Waals surface area contributed by atoms with Gasteiger partial charge in [-0.05, 0) is 31.9 Å². The van der Waals surface area contributed by atoms with E-state index in [0.29, 0.717) is 32.5 Å². The zero-order chi connectivity index (χ0) is 16.7. The molecule has 7 heteroatoms. The van der Waals surface area contributed by atoms with E-state index in [1.807, 2.05) is 30.3 Å². The highest BCUT2D eigenvalue weighted by molar-refractivity contribution is 5.89. The number of anilines is 1. The number of nitrogens with one attached hydrogen (secondary N) is 2. The fourth-order valence-corrected chi connectivity index (χ4v) is 2.73. The fraction of sp³-hybridized carbons (Fsp3) is 0.500. The Kier molecular flexibility index (Phi) is 5.81. The highest BCUT2D eigenvalue weighted by Crippen LogP contribution is 2.28. The Bertz CT molecular complexity index is 527. The number of piperidine rings is 1. The molecule has 0 atom stereocenters. The number of hydrogen-bond donors (Lipinski definition) is 3. The quantitative estimate of drug-likeness (QED) is 0.708. The Hall–Kier alpha value is -2.28. The molecule has 7 nitrogen and oxygen atoms in total. The summed E-state index contributed by atoms with van der Waals surface area (Å²) in [7, 11) is 0. The molecule has 1 saturated heterocycles. The van der Waals surface area contributed by atoms with Crippen LogP contribution in [0.1, 0.15) is 19.8 Å². The first-order chi connectivity index (χ1) is 11.1. The van der Waals surface area contributed by atoms with Crippen molar-refractivity contribution in [2.75, 3.05) is 31.7 Å². The van der Waals surface area contributed by atoms with Gasteiger partial charge in [0.05, 0.1) is 6.61 Å². The van der Waals surface area contributed by atoms with Crippen molar-refractivity contribution in [3.05, 3.63) is 30.3 Å². The SMILES string of the molecule is CCOC(=O)N1CCC(Nc2ccccc2)(C(=O)NCO)CC1. The number of ether oxygens (including phenoxy) is 1. The summed E-state index contributed by atoms with van der Waals surface area (Å²) in [6.45, 7) is 2.50. The van der Waals surface area contributed by atoms with Gasteiger partial charge in [-0.3, -0.25) is 4.79 Å². The molecule has 2 rings (SSSR count). The summed E-state index contributed by atoms with van der Waals surface area (Å²) in [6.07, 6.45) is 0.516. The molecule has 0 spiro atoms. The number of likely N-dealkylation sites (tertiary alicyclic amines) is 1. The molecule has 1 aromatic rings. The first-order valence-electron chi connectivity index (χ1n) is 7.75. The van der Waals surface area contributed by atoms with Crippen LogP contribution in [-0.4, -0.2) is 54.0 Å². The van der Waals surface area contributed by atoms with E-state index < -0.39 is 12.3 Å². The van der Waals surface area contributed by atoms with Crippen LogP contribution >= 0.6 is 0 Å². The van der Waals surface area contributed by atoms with Crippen LogP contribution in [0.4, 0.5) is 10.5 Å². The number of rotatable bonds is 5. The first-order valence-corrected chi connectivity index (χ1v) is 7.75. The molecule has 23 heavy (non-hydrogen) atoms. The third-order valence-corrected chi connectivity index (χ3v) is 3.97. The van der Waals surface area contributed by atoms with Gasteiger partial charge >= 0.3 is 6.09 Å². The number of aliphatic hydroxyl groups excluding tert-OH is 1. The van der Waals surface area contributed by atoms with Gasteiger partial charge in [-0.1, -0.05) is 18.2 Å². The van der Waals surface area contributed by atoms with E-state index in [1.165, 1.54) is 0 Å². The lowest BCUT2D eigenvalue weighted by atomic mass is 9.86. The monoisotopic (exact) mass is 321 g/mol. The van der Waals surface area contributed by atoms with Crippen LogP contribution in [0.5, 0.6) is 0 Å². The maximum absolute atomic E-state index is 12.5. The molecular weight excluding hydrogens is 298 g/mol. The second-order valence-corrected chi connectivity index (χ2v) is 5.42. The van der Waals surface area contributed by atoms with Crippen molar-refractivity contribution in [3.63, 3.8) is 0 Å². The molecule has 0 saturated carbocycles. The van der Waals surface area contributed by atoms with Gasteiger partial charge in [0.15, 0.2) is 0 Å². The summed E-state index contributed by atoms with van der Waals surface area (Å²) < 4.78 is 5.00. The van der Waals surface area contributed by atoms with Crippen molar-refractivity contribution >= 4 is 17.7 Å². The number of amides is 2. The molecule has 0 radical (unpaired) electrons. The van der Waals surface area contributed by atoms with Crippen molar-refractivity contribution in [2.45, 2.75) is 25.3 Å². The number of carbonyl (C=O) groups excluding carboxylic acids is 2. The van der Waals surface area contributed by atoms with E-state index in [-0.39, 0.29) is 12.0 Å². The van der Waals surface area contributed by atoms with Crippen LogP contribution < -0.4 is 10.6 Å². The van der Waals surface area contributed by atoms with Gasteiger partial charge in [0, 0.05) is 18.8 Å². The van der Waals surface area contributed by atoms with Crippen molar-refractivity contribution in [1.82, 2.24) is 10.2 Å². The smallest absolute Gasteiger partial charge is 0.409 e. The zero-order valence-electron chi connectivity index (χ0n) is 13.2. The summed E-state index contributed by atoms with van der Waals surface area (Å²) in [5, 5.41) is 14.7. The summed E-state index contributed by atoms with van der Waals surface area (Å²) in [5.74, 6) is -0.271. The summed E-state index contributed by atoms with van der Waals surface area (Å²) >= 11 is 0. The lowest BCUT2D eigenvalue weighted by molar-refractivity contribution is -0.128. The lowest BCUT2D eigenvalue weighted by Crippen LogP contribution is -2.59. The van der Waals surface area contributed by atoms with Crippen LogP contribution in [0.25, 0.3) is 0 Å². The molecule has 0 unspecified atom stereocenters. The molecule has 1 aliphatic rings. The Morgan fingerprint density at radius 1 is 1.26 bits per heavy atom. The Balaban J connectivity index is 2.11. The molecule has 1 heterocycles. The molecule has 0 bridgehead atoms. The van der Waals surface area contributed by atoms with E-state index in [1.54, 1.807) is 11.8 Å². The third kappa shape index (κ3) is 4.13. The topological polar surface area (TPSA) is 90.9 Å². The number of benzene rings is 1. The van der Waals surface area contributed by atoms with Crippen LogP contribution in [0.15, 0.2) is 30.3 Å². The molecular formula is C16H23N3O4. The minimum Gasteiger partial charge on any atom is -0.450 e. The van der Waals surface area contributed by atoms with E-state index in [2.05, 4.69) is 10.6 Å². The molecule has 0 aliphatic carbocycles. The third-order valence-electron chi connectivity index (χ3n) is 3.97. The number of nitrogens with zero attached hydrogens (tertiary/aromatic N) is 1. The molecule has 2 amide bonds. The first kappa shape index (κ1) is 17.1. The largest absolute Gasteiger partial charge is 0.450 e. The predicted molar refractivity (Wildman–Crippen MR) is 85.9 cm³/mol. The van der Waals surface area contributed by atoms with E-state index in [9.17, 15) is 9.59 Å². The van der Waals surface area contributed by atoms with Gasteiger partial charge in [0.2, 0.25) is 5.91 Å². The maximum Gasteiger partial charge on any atom is 0.409 e. The second-order valence-electron chi connectivity index (χ2n) is 5.42. The Morgan fingerprint density at radius 2 is 1.91 bits per heavy atom. The van der Waals surface area contributed by atoms with E-state index in [0.717, 1.165) is 5.69 Å². The molecule has 1 aromatic carbocycles. The van der Waals surface area contributed by atoms with Crippen LogP contribution in [0.3, 0.4) is 0 Å². The molecule has 1 fully saturated rings. The molecule has 3 N–H and O–H groups in total. The Labute approximate surface area is 135 Å². The number of para-hydroxylation sites is 1. The minimum absolute atomic E-state index is 0.271. The van der Waals surface area contributed by atoms with Crippen molar-refractivity contribution in [2.24, 2.45) is 0 Å². The Morgan fingerprint density at radius 3 is 2.48 bits per heavy atom. The number of aliphatic hydroxyl groups is 1. The van der Waals surface area contributed by atoms with E-state index in [4.69, 9.17) is 9.84 Å². The van der Waals surface area contributed by atoms with Crippen LogP contribution in [0, 0.1) is 0 Å². The summed E-state index contributed by atoms with van der Waals surface area (Å²) in [6, 6.07) is 9.42. The second kappa shape index (κ2) is 7.82. The standard InChI is InChI=1S/C16H23N3O4/c1-2-23-15(22)19-10-8-16(9-11-19,14(21)17-12-20)18-13-6-4-3-5-7-13/h3-7,18,20H,2,8-12H2,1H3,(H,17,21). The van der Waals surface area contributed by atoms with Crippen molar-refractivity contribution < 1.29 is 19.4 Å². The minimum atomic E-state index is -0.854. The molecule has 0 aromatic heterocycles. The normalized spacial score (nSPS) is 16.5. The maximum atomic E-state index is 12.5. The van der Waals surface area contributed by atoms with Gasteiger partial charge in [0.1, 0.15) is 12.3 Å². The average molecular weight is 321 g/mol. The predicted octanol–water partition coefficient (Wildman–Crippen LogP) is 1.16. The van der Waals surface area contributed by atoms with Crippen molar-refractivity contribution in [3.8, 4) is 0 Å². The van der Waals surface area contributed by atoms with Gasteiger partial charge in [-0.2, -0.15) is 0 Å². The number of hydrogen-bond acceptors (Lipinski definition) is 5. The molecule has 1 aliphatic heterocycles. The van der Waals surface area contributed by atoms with Gasteiger partial charge in [-0.15, -0.1) is 0 Å². The summed E-state index contributed by atoms with van der Waals surface area (Å²) in [5.41, 5.74) is -0.0299. The zero-order valence-corrected chi connectivity index (χ0v) is 13.2. The van der Waals surface area contributed by atoms with Crippen LogP contribution in [0.2, 0.25) is 0 Å². The van der Waals surface area contributed by atoms with Gasteiger partial charge in [0.25, 0.3) is 0 Å². The lowest BCUT2D eigenvalue weighted by Gasteiger charge is -2.41. The fourth-order valence-electron chi connectivity index (χ4n) is 2.73. The average Bonchev–Trinajstić information content (AvgIpc) is 2.57. The molecule has 126 valence electrons. The highest BCUT2D eigenvalue weighted by Gasteiger charge is 2.42. The van der Waals surface area contributed by atoms with Gasteiger partial charge < -0.3 is 25.4 Å².